The summed E-state index contributed by atoms with van der Waals surface area (Å²) in [6.45, 7) is 6.31. The Kier molecular flexibility index (Phi) is 5.26. The van der Waals surface area contributed by atoms with Crippen LogP contribution in [0.25, 0.3) is 0 Å². The SMILES string of the molecule is CCCN(C(=O)CCc1c(C)noc1C)C1CCS(=O)(=O)C1. The lowest BCUT2D eigenvalue weighted by Crippen LogP contribution is -2.41. The zero-order valence-corrected chi connectivity index (χ0v) is 14.3. The average molecular weight is 328 g/mol. The van der Waals surface area contributed by atoms with Crippen LogP contribution in [0.3, 0.4) is 0 Å². The van der Waals surface area contributed by atoms with Crippen LogP contribution in [0.1, 0.15) is 43.2 Å². The van der Waals surface area contributed by atoms with Gasteiger partial charge in [0, 0.05) is 24.6 Å². The van der Waals surface area contributed by atoms with Crippen molar-refractivity contribution in [2.24, 2.45) is 0 Å². The largest absolute Gasteiger partial charge is 0.361 e. The fraction of sp³-hybridized carbons (Fsp3) is 0.733. The lowest BCUT2D eigenvalue weighted by molar-refractivity contribution is -0.133. The van der Waals surface area contributed by atoms with Gasteiger partial charge in [-0.2, -0.15) is 0 Å². The van der Waals surface area contributed by atoms with Gasteiger partial charge in [-0.25, -0.2) is 8.42 Å². The average Bonchev–Trinajstić information content (AvgIpc) is 2.96. The first kappa shape index (κ1) is 17.0. The third-order valence-electron chi connectivity index (χ3n) is 4.20. The van der Waals surface area contributed by atoms with E-state index in [9.17, 15) is 13.2 Å². The third-order valence-corrected chi connectivity index (χ3v) is 5.95. The highest BCUT2D eigenvalue weighted by molar-refractivity contribution is 7.91. The number of sulfone groups is 1. The molecule has 6 nitrogen and oxygen atoms in total. The van der Waals surface area contributed by atoms with E-state index in [0.717, 1.165) is 23.4 Å². The molecule has 0 radical (unpaired) electrons. The molecule has 0 aromatic carbocycles. The highest BCUT2D eigenvalue weighted by atomic mass is 32.2. The van der Waals surface area contributed by atoms with Gasteiger partial charge in [0.1, 0.15) is 5.76 Å². The Labute approximate surface area is 131 Å². The van der Waals surface area contributed by atoms with Crippen molar-refractivity contribution in [3.8, 4) is 0 Å². The summed E-state index contributed by atoms with van der Waals surface area (Å²) in [4.78, 5) is 14.3. The molecule has 0 bridgehead atoms. The number of amides is 1. The van der Waals surface area contributed by atoms with Gasteiger partial charge in [0.15, 0.2) is 9.84 Å². The van der Waals surface area contributed by atoms with E-state index >= 15 is 0 Å². The topological polar surface area (TPSA) is 80.5 Å². The molecule has 0 N–H and O–H groups in total. The van der Waals surface area contributed by atoms with Crippen LogP contribution in [0.15, 0.2) is 4.52 Å². The van der Waals surface area contributed by atoms with E-state index in [2.05, 4.69) is 5.16 Å². The summed E-state index contributed by atoms with van der Waals surface area (Å²) in [6.07, 6.45) is 2.33. The van der Waals surface area contributed by atoms with Gasteiger partial charge >= 0.3 is 0 Å². The molecule has 1 amide bonds. The van der Waals surface area contributed by atoms with Gasteiger partial charge in [0.2, 0.25) is 5.91 Å². The smallest absolute Gasteiger partial charge is 0.223 e. The lowest BCUT2D eigenvalue weighted by Gasteiger charge is -2.28. The van der Waals surface area contributed by atoms with Crippen LogP contribution in [0.2, 0.25) is 0 Å². The van der Waals surface area contributed by atoms with Gasteiger partial charge in [-0.05, 0) is 33.1 Å². The number of hydrogen-bond donors (Lipinski definition) is 0. The second kappa shape index (κ2) is 6.81. The van der Waals surface area contributed by atoms with E-state index in [1.54, 1.807) is 4.90 Å². The van der Waals surface area contributed by atoms with Crippen LogP contribution in [-0.2, 0) is 21.1 Å². The van der Waals surface area contributed by atoms with Crippen molar-refractivity contribution in [1.82, 2.24) is 10.1 Å². The predicted molar refractivity (Wildman–Crippen MR) is 83.4 cm³/mol. The molecule has 22 heavy (non-hydrogen) atoms. The molecular weight excluding hydrogens is 304 g/mol. The second-order valence-electron chi connectivity index (χ2n) is 5.95. The summed E-state index contributed by atoms with van der Waals surface area (Å²) < 4.78 is 28.4. The third kappa shape index (κ3) is 3.88. The van der Waals surface area contributed by atoms with Crippen molar-refractivity contribution in [2.45, 2.75) is 52.5 Å². The highest BCUT2D eigenvalue weighted by Crippen LogP contribution is 2.20. The normalized spacial score (nSPS) is 20.2. The van der Waals surface area contributed by atoms with Crippen LogP contribution in [0.4, 0.5) is 0 Å². The summed E-state index contributed by atoms with van der Waals surface area (Å²) in [6, 6.07) is -0.165. The molecule has 0 aliphatic carbocycles. The minimum absolute atomic E-state index is 0.0175. The number of carbonyl (C=O) groups is 1. The molecule has 2 heterocycles. The van der Waals surface area contributed by atoms with E-state index in [1.165, 1.54) is 0 Å². The number of rotatable bonds is 6. The molecule has 1 atom stereocenters. The van der Waals surface area contributed by atoms with Gasteiger partial charge in [-0.15, -0.1) is 0 Å². The van der Waals surface area contributed by atoms with E-state index < -0.39 is 9.84 Å². The van der Waals surface area contributed by atoms with Crippen LogP contribution < -0.4 is 0 Å². The molecule has 1 saturated heterocycles. The number of aryl methyl sites for hydroxylation is 2. The zero-order chi connectivity index (χ0) is 16.3. The molecule has 2 rings (SSSR count). The Hall–Kier alpha value is -1.37. The van der Waals surface area contributed by atoms with E-state index in [4.69, 9.17) is 4.52 Å². The van der Waals surface area contributed by atoms with Crippen molar-refractivity contribution in [3.05, 3.63) is 17.0 Å². The quantitative estimate of drug-likeness (QED) is 0.793. The van der Waals surface area contributed by atoms with E-state index in [0.29, 0.717) is 25.8 Å². The molecule has 1 aliphatic rings. The Bertz CT molecular complexity index is 616. The van der Waals surface area contributed by atoms with Crippen molar-refractivity contribution >= 4 is 15.7 Å². The summed E-state index contributed by atoms with van der Waals surface area (Å²) in [5.41, 5.74) is 1.79. The van der Waals surface area contributed by atoms with Crippen LogP contribution in [0, 0.1) is 13.8 Å². The highest BCUT2D eigenvalue weighted by Gasteiger charge is 2.34. The van der Waals surface area contributed by atoms with Crippen molar-refractivity contribution < 1.29 is 17.7 Å². The Morgan fingerprint density at radius 1 is 1.41 bits per heavy atom. The summed E-state index contributed by atoms with van der Waals surface area (Å²) in [7, 11) is -2.98. The Morgan fingerprint density at radius 3 is 2.64 bits per heavy atom. The molecule has 1 unspecified atom stereocenters. The number of aromatic nitrogens is 1. The Morgan fingerprint density at radius 2 is 2.14 bits per heavy atom. The van der Waals surface area contributed by atoms with E-state index in [-0.39, 0.29) is 23.5 Å². The lowest BCUT2D eigenvalue weighted by atomic mass is 10.1. The molecular formula is C15H24N2O4S. The van der Waals surface area contributed by atoms with Crippen LogP contribution in [0.5, 0.6) is 0 Å². The molecule has 7 heteroatoms. The van der Waals surface area contributed by atoms with E-state index in [1.807, 2.05) is 20.8 Å². The zero-order valence-electron chi connectivity index (χ0n) is 13.5. The molecule has 1 aromatic heterocycles. The minimum atomic E-state index is -2.98. The minimum Gasteiger partial charge on any atom is -0.361 e. The van der Waals surface area contributed by atoms with Gasteiger partial charge in [0.25, 0.3) is 0 Å². The maximum atomic E-state index is 12.5. The molecule has 0 spiro atoms. The number of hydrogen-bond acceptors (Lipinski definition) is 5. The maximum absolute atomic E-state index is 12.5. The molecule has 124 valence electrons. The van der Waals surface area contributed by atoms with Gasteiger partial charge in [0.05, 0.1) is 17.2 Å². The second-order valence-corrected chi connectivity index (χ2v) is 8.18. The van der Waals surface area contributed by atoms with Gasteiger partial charge < -0.3 is 9.42 Å². The maximum Gasteiger partial charge on any atom is 0.223 e. The summed E-state index contributed by atoms with van der Waals surface area (Å²) in [5, 5.41) is 3.89. The standard InChI is InChI=1S/C15H24N2O4S/c1-4-8-17(13-7-9-22(19,20)10-13)15(18)6-5-14-11(2)16-21-12(14)3/h13H,4-10H2,1-3H3. The van der Waals surface area contributed by atoms with Crippen molar-refractivity contribution in [3.63, 3.8) is 0 Å². The molecule has 1 aliphatic heterocycles. The molecule has 0 saturated carbocycles. The number of carbonyl (C=O) groups excluding carboxylic acids is 1. The summed E-state index contributed by atoms with van der Waals surface area (Å²) >= 11 is 0. The predicted octanol–water partition coefficient (Wildman–Crippen LogP) is 1.65. The monoisotopic (exact) mass is 328 g/mol. The first-order chi connectivity index (χ1) is 10.3. The van der Waals surface area contributed by atoms with Gasteiger partial charge in [-0.3, -0.25) is 4.79 Å². The molecule has 1 fully saturated rings. The first-order valence-electron chi connectivity index (χ1n) is 7.75. The molecule has 1 aromatic rings. The van der Waals surface area contributed by atoms with Crippen LogP contribution in [-0.4, -0.2) is 48.5 Å². The van der Waals surface area contributed by atoms with Crippen molar-refractivity contribution in [2.75, 3.05) is 18.1 Å². The van der Waals surface area contributed by atoms with Crippen molar-refractivity contribution in [1.29, 1.82) is 0 Å². The fourth-order valence-electron chi connectivity index (χ4n) is 3.01. The fourth-order valence-corrected chi connectivity index (χ4v) is 4.74. The van der Waals surface area contributed by atoms with Gasteiger partial charge in [-0.1, -0.05) is 12.1 Å². The summed E-state index contributed by atoms with van der Waals surface area (Å²) in [5.74, 6) is 1.05. The van der Waals surface area contributed by atoms with Crippen LogP contribution >= 0.6 is 0 Å². The Balaban J connectivity index is 2.01. The first-order valence-corrected chi connectivity index (χ1v) is 9.58. The number of nitrogens with zero attached hydrogens (tertiary/aromatic N) is 2.